The van der Waals surface area contributed by atoms with Crippen LogP contribution in [0.5, 0.6) is 0 Å². The van der Waals surface area contributed by atoms with E-state index in [4.69, 9.17) is 16.3 Å². The van der Waals surface area contributed by atoms with Gasteiger partial charge in [0.1, 0.15) is 6.61 Å². The molecule has 1 aliphatic heterocycles. The summed E-state index contributed by atoms with van der Waals surface area (Å²) in [5.74, 6) is 1.02. The lowest BCUT2D eigenvalue weighted by Crippen LogP contribution is -2.34. The summed E-state index contributed by atoms with van der Waals surface area (Å²) in [4.78, 5) is 22.3. The number of alkyl carbamates (subject to hydrolysis) is 1. The zero-order valence-electron chi connectivity index (χ0n) is 13.6. The minimum Gasteiger partial charge on any atom is -0.445 e. The lowest BCUT2D eigenvalue weighted by atomic mass is 10.2. The normalized spacial score (nSPS) is 24.6. The van der Waals surface area contributed by atoms with E-state index in [1.54, 1.807) is 12.4 Å². The summed E-state index contributed by atoms with van der Waals surface area (Å²) < 4.78 is 5.29. The van der Waals surface area contributed by atoms with Gasteiger partial charge >= 0.3 is 6.09 Å². The standard InChI is InChI=1S/C18H19ClN4O2/c19-17-20-6-13(7-21-17)8-23-9-14-15(10-23)16(14)22-18(24)25-11-12-4-2-1-3-5-12/h1-7,14-16H,8-11H2,(H,22,24)/t14-,15+,16+. The van der Waals surface area contributed by atoms with Gasteiger partial charge in [-0.2, -0.15) is 0 Å². The van der Waals surface area contributed by atoms with Crippen molar-refractivity contribution in [3.63, 3.8) is 0 Å². The van der Waals surface area contributed by atoms with Crippen molar-refractivity contribution < 1.29 is 9.53 Å². The van der Waals surface area contributed by atoms with Gasteiger partial charge in [-0.1, -0.05) is 30.3 Å². The van der Waals surface area contributed by atoms with Crippen molar-refractivity contribution >= 4 is 17.7 Å². The highest BCUT2D eigenvalue weighted by atomic mass is 35.5. The van der Waals surface area contributed by atoms with Crippen molar-refractivity contribution in [2.45, 2.75) is 19.2 Å². The van der Waals surface area contributed by atoms with Crippen LogP contribution in [0.2, 0.25) is 5.28 Å². The first-order valence-corrected chi connectivity index (χ1v) is 8.73. The molecule has 0 spiro atoms. The minimum atomic E-state index is -0.332. The number of likely N-dealkylation sites (tertiary alicyclic amines) is 1. The van der Waals surface area contributed by atoms with E-state index < -0.39 is 0 Å². The fraction of sp³-hybridized carbons (Fsp3) is 0.389. The quantitative estimate of drug-likeness (QED) is 0.832. The van der Waals surface area contributed by atoms with Crippen LogP contribution < -0.4 is 5.32 Å². The highest BCUT2D eigenvalue weighted by molar-refractivity contribution is 6.28. The van der Waals surface area contributed by atoms with Crippen LogP contribution in [0.15, 0.2) is 42.7 Å². The van der Waals surface area contributed by atoms with E-state index in [0.717, 1.165) is 30.8 Å². The Morgan fingerprint density at radius 2 is 1.84 bits per heavy atom. The molecule has 1 aromatic carbocycles. The van der Waals surface area contributed by atoms with E-state index in [1.165, 1.54) is 0 Å². The lowest BCUT2D eigenvalue weighted by molar-refractivity contribution is 0.136. The first kappa shape index (κ1) is 16.3. The largest absolute Gasteiger partial charge is 0.445 e. The van der Waals surface area contributed by atoms with E-state index in [2.05, 4.69) is 20.2 Å². The number of aromatic nitrogens is 2. The molecule has 2 heterocycles. The van der Waals surface area contributed by atoms with Gasteiger partial charge < -0.3 is 10.1 Å². The second-order valence-electron chi connectivity index (χ2n) is 6.61. The van der Waals surface area contributed by atoms with E-state index in [9.17, 15) is 4.79 Å². The van der Waals surface area contributed by atoms with Crippen LogP contribution in [0, 0.1) is 11.8 Å². The Morgan fingerprint density at radius 3 is 2.52 bits per heavy atom. The van der Waals surface area contributed by atoms with Crippen molar-refractivity contribution in [2.75, 3.05) is 13.1 Å². The smallest absolute Gasteiger partial charge is 0.407 e. The molecule has 0 bridgehead atoms. The fourth-order valence-corrected chi connectivity index (χ4v) is 3.63. The van der Waals surface area contributed by atoms with Gasteiger partial charge in [-0.15, -0.1) is 0 Å². The van der Waals surface area contributed by atoms with Crippen LogP contribution in [-0.2, 0) is 17.9 Å². The Balaban J connectivity index is 1.19. The molecular weight excluding hydrogens is 340 g/mol. The van der Waals surface area contributed by atoms with Crippen molar-refractivity contribution in [1.29, 1.82) is 0 Å². The number of rotatable bonds is 5. The van der Waals surface area contributed by atoms with Gasteiger partial charge in [0.15, 0.2) is 0 Å². The molecule has 6 nitrogen and oxygen atoms in total. The Labute approximate surface area is 151 Å². The van der Waals surface area contributed by atoms with E-state index >= 15 is 0 Å². The van der Waals surface area contributed by atoms with Gasteiger partial charge in [0, 0.05) is 43.6 Å². The number of carbonyl (C=O) groups excluding carboxylic acids is 1. The topological polar surface area (TPSA) is 67.4 Å². The summed E-state index contributed by atoms with van der Waals surface area (Å²) >= 11 is 5.70. The molecule has 3 atom stereocenters. The number of hydrogen-bond acceptors (Lipinski definition) is 5. The molecular formula is C18H19ClN4O2. The van der Waals surface area contributed by atoms with Gasteiger partial charge in [0.2, 0.25) is 5.28 Å². The predicted molar refractivity (Wildman–Crippen MR) is 92.8 cm³/mol. The summed E-state index contributed by atoms with van der Waals surface area (Å²) in [5.41, 5.74) is 2.04. The molecule has 130 valence electrons. The maximum atomic E-state index is 11.9. The highest BCUT2D eigenvalue weighted by Gasteiger charge is 2.56. The molecule has 7 heteroatoms. The molecule has 0 unspecified atom stereocenters. The monoisotopic (exact) mass is 358 g/mol. The van der Waals surface area contributed by atoms with Gasteiger partial charge in [0.25, 0.3) is 0 Å². The molecule has 25 heavy (non-hydrogen) atoms. The molecule has 2 aromatic rings. The van der Waals surface area contributed by atoms with E-state index in [-0.39, 0.29) is 17.4 Å². The number of fused-ring (bicyclic) bond motifs is 1. The first-order valence-electron chi connectivity index (χ1n) is 8.35. The van der Waals surface area contributed by atoms with Gasteiger partial charge in [-0.05, 0) is 29.0 Å². The maximum Gasteiger partial charge on any atom is 0.407 e. The number of carbonyl (C=O) groups is 1. The summed E-state index contributed by atoms with van der Waals surface area (Å²) in [6, 6.07) is 9.93. The SMILES string of the molecule is O=C(N[C@H]1[C@@H]2CN(Cc3cnc(Cl)nc3)C[C@@H]21)OCc1ccccc1. The number of nitrogens with zero attached hydrogens (tertiary/aromatic N) is 3. The second kappa shape index (κ2) is 6.98. The number of amides is 1. The van der Waals surface area contributed by atoms with Crippen molar-refractivity contribution in [3.8, 4) is 0 Å². The fourth-order valence-electron chi connectivity index (χ4n) is 3.54. The molecule has 0 radical (unpaired) electrons. The molecule has 1 amide bonds. The third-order valence-electron chi connectivity index (χ3n) is 4.85. The average Bonchev–Trinajstić information content (AvgIpc) is 3.06. The van der Waals surface area contributed by atoms with Gasteiger partial charge in [-0.3, -0.25) is 4.90 Å². The van der Waals surface area contributed by atoms with Crippen LogP contribution in [0.4, 0.5) is 4.79 Å². The first-order chi connectivity index (χ1) is 12.2. The van der Waals surface area contributed by atoms with Crippen molar-refractivity contribution in [2.24, 2.45) is 11.8 Å². The molecule has 2 fully saturated rings. The third kappa shape index (κ3) is 3.91. The summed E-state index contributed by atoms with van der Waals surface area (Å²) in [5, 5.41) is 3.26. The Morgan fingerprint density at radius 1 is 1.16 bits per heavy atom. The zero-order chi connectivity index (χ0) is 17.2. The number of benzene rings is 1. The van der Waals surface area contributed by atoms with Crippen LogP contribution >= 0.6 is 11.6 Å². The number of nitrogens with one attached hydrogen (secondary N) is 1. The molecule has 1 aromatic heterocycles. The number of ether oxygens (including phenoxy) is 1. The van der Waals surface area contributed by atoms with Crippen LogP contribution in [0.1, 0.15) is 11.1 Å². The van der Waals surface area contributed by atoms with E-state index in [0.29, 0.717) is 18.4 Å². The molecule has 1 aliphatic carbocycles. The third-order valence-corrected chi connectivity index (χ3v) is 5.04. The Bertz CT molecular complexity index is 729. The minimum absolute atomic E-state index is 0.237. The molecule has 2 aliphatic rings. The predicted octanol–water partition coefficient (Wildman–Crippen LogP) is 2.49. The number of piperidine rings is 1. The van der Waals surface area contributed by atoms with Crippen molar-refractivity contribution in [3.05, 3.63) is 59.1 Å². The Hall–Kier alpha value is -2.18. The van der Waals surface area contributed by atoms with Crippen molar-refractivity contribution in [1.82, 2.24) is 20.2 Å². The zero-order valence-corrected chi connectivity index (χ0v) is 14.4. The van der Waals surface area contributed by atoms with Crippen LogP contribution in [0.3, 0.4) is 0 Å². The molecule has 1 saturated carbocycles. The number of halogens is 1. The number of hydrogen-bond donors (Lipinski definition) is 1. The van der Waals surface area contributed by atoms with Gasteiger partial charge in [0.05, 0.1) is 0 Å². The molecule has 1 N–H and O–H groups in total. The maximum absolute atomic E-state index is 11.9. The summed E-state index contributed by atoms with van der Waals surface area (Å²) in [7, 11) is 0. The van der Waals surface area contributed by atoms with Crippen LogP contribution in [-0.4, -0.2) is 40.1 Å². The highest BCUT2D eigenvalue weighted by Crippen LogP contribution is 2.45. The average molecular weight is 359 g/mol. The Kier molecular flexibility index (Phi) is 4.55. The van der Waals surface area contributed by atoms with Crippen LogP contribution in [0.25, 0.3) is 0 Å². The molecule has 1 saturated heterocycles. The summed E-state index contributed by atoms with van der Waals surface area (Å²) in [6.07, 6.45) is 3.19. The van der Waals surface area contributed by atoms with Gasteiger partial charge in [-0.25, -0.2) is 14.8 Å². The lowest BCUT2D eigenvalue weighted by Gasteiger charge is -2.19. The second-order valence-corrected chi connectivity index (χ2v) is 6.95. The van der Waals surface area contributed by atoms with E-state index in [1.807, 2.05) is 30.3 Å². The molecule has 4 rings (SSSR count). The summed E-state index contributed by atoms with van der Waals surface area (Å²) in [6.45, 7) is 3.06.